The number of Topliss-reactive ketones (excluding diaryl/α,β-unsaturated/α-hetero) is 1. The molecule has 0 aromatic heterocycles. The van der Waals surface area contributed by atoms with Crippen LogP contribution in [0.15, 0.2) is 47.3 Å². The summed E-state index contributed by atoms with van der Waals surface area (Å²) in [7, 11) is 0. The predicted octanol–water partition coefficient (Wildman–Crippen LogP) is 5.31. The number of hydrogen-bond acceptors (Lipinski definition) is 4. The molecule has 1 saturated carbocycles. The molecule has 0 radical (unpaired) electrons. The smallest absolute Gasteiger partial charge is 0.335 e. The Morgan fingerprint density at radius 2 is 2.00 bits per heavy atom. The highest BCUT2D eigenvalue weighted by atomic mass is 16.5. The summed E-state index contributed by atoms with van der Waals surface area (Å²) in [5.41, 5.74) is 4.82. The number of carbonyl (C=O) groups is 2. The van der Waals surface area contributed by atoms with Crippen molar-refractivity contribution in [2.75, 3.05) is 6.61 Å². The zero-order valence-electron chi connectivity index (χ0n) is 18.4. The molecule has 2 aliphatic carbocycles. The van der Waals surface area contributed by atoms with E-state index in [1.807, 2.05) is 19.9 Å². The normalized spacial score (nSPS) is 33.4. The van der Waals surface area contributed by atoms with Gasteiger partial charge in [0.2, 0.25) is 0 Å². The average Bonchev–Trinajstić information content (AvgIpc) is 2.99. The summed E-state index contributed by atoms with van der Waals surface area (Å²) in [5, 5.41) is 0. The van der Waals surface area contributed by atoms with Crippen LogP contribution in [0, 0.1) is 23.2 Å². The molecule has 0 amide bonds. The largest absolute Gasteiger partial charge is 0.432 e. The SMILES string of the molecule is C=C(C)[C@H]1CC[C@]2(C)C[C@H]1C1=C([C@H]2/C=C/OC(=O)C=C(C)C)[C@@H](CC(C)=O)OC1. The van der Waals surface area contributed by atoms with E-state index in [1.165, 1.54) is 29.1 Å². The summed E-state index contributed by atoms with van der Waals surface area (Å²) in [6.45, 7) is 14.7. The van der Waals surface area contributed by atoms with Crippen molar-refractivity contribution in [3.05, 3.63) is 47.3 Å². The van der Waals surface area contributed by atoms with E-state index in [2.05, 4.69) is 20.4 Å². The van der Waals surface area contributed by atoms with Crippen LogP contribution in [-0.2, 0) is 19.1 Å². The first kappa shape index (κ1) is 21.8. The number of rotatable bonds is 6. The fourth-order valence-corrected chi connectivity index (χ4v) is 5.56. The van der Waals surface area contributed by atoms with Crippen LogP contribution in [0.2, 0.25) is 0 Å². The maximum Gasteiger partial charge on any atom is 0.335 e. The molecule has 4 heteroatoms. The molecular formula is C25H34O4. The molecule has 1 fully saturated rings. The minimum atomic E-state index is -0.358. The highest BCUT2D eigenvalue weighted by Gasteiger charge is 2.52. The van der Waals surface area contributed by atoms with Gasteiger partial charge in [0, 0.05) is 18.4 Å². The van der Waals surface area contributed by atoms with E-state index in [1.54, 1.807) is 6.92 Å². The van der Waals surface area contributed by atoms with Gasteiger partial charge < -0.3 is 9.47 Å². The Kier molecular flexibility index (Phi) is 6.33. The summed E-state index contributed by atoms with van der Waals surface area (Å²) in [4.78, 5) is 23.8. The Bertz CT molecular complexity index is 796. The van der Waals surface area contributed by atoms with Crippen molar-refractivity contribution in [2.24, 2.45) is 23.2 Å². The van der Waals surface area contributed by atoms with Crippen molar-refractivity contribution in [3.63, 3.8) is 0 Å². The van der Waals surface area contributed by atoms with Gasteiger partial charge in [-0.2, -0.15) is 0 Å². The molecule has 4 nitrogen and oxygen atoms in total. The first-order valence-electron chi connectivity index (χ1n) is 10.6. The predicted molar refractivity (Wildman–Crippen MR) is 114 cm³/mol. The molecule has 0 N–H and O–H groups in total. The number of allylic oxidation sites excluding steroid dienone is 3. The number of hydrogen-bond donors (Lipinski definition) is 0. The van der Waals surface area contributed by atoms with Crippen LogP contribution in [0.4, 0.5) is 0 Å². The maximum absolute atomic E-state index is 11.9. The number of ether oxygens (including phenoxy) is 2. The van der Waals surface area contributed by atoms with E-state index in [4.69, 9.17) is 9.47 Å². The van der Waals surface area contributed by atoms with Gasteiger partial charge in [-0.15, -0.1) is 0 Å². The van der Waals surface area contributed by atoms with Crippen LogP contribution in [0.3, 0.4) is 0 Å². The van der Waals surface area contributed by atoms with Crippen LogP contribution in [0.5, 0.6) is 0 Å². The summed E-state index contributed by atoms with van der Waals surface area (Å²) in [5.74, 6) is 0.817. The van der Waals surface area contributed by atoms with E-state index < -0.39 is 0 Å². The zero-order valence-corrected chi connectivity index (χ0v) is 18.4. The number of fused-ring (bicyclic) bond motifs is 3. The van der Waals surface area contributed by atoms with E-state index in [9.17, 15) is 9.59 Å². The van der Waals surface area contributed by atoms with Crippen molar-refractivity contribution in [1.82, 2.24) is 0 Å². The van der Waals surface area contributed by atoms with Gasteiger partial charge in [0.05, 0.1) is 19.0 Å². The Hall–Kier alpha value is -1.94. The lowest BCUT2D eigenvalue weighted by atomic mass is 9.52. The minimum Gasteiger partial charge on any atom is -0.432 e. The Labute approximate surface area is 174 Å². The van der Waals surface area contributed by atoms with Crippen molar-refractivity contribution in [2.45, 2.75) is 66.4 Å². The highest BCUT2D eigenvalue weighted by molar-refractivity contribution is 5.83. The monoisotopic (exact) mass is 398 g/mol. The fourth-order valence-electron chi connectivity index (χ4n) is 5.56. The number of ketones is 1. The minimum absolute atomic E-state index is 0.0671. The average molecular weight is 399 g/mol. The summed E-state index contributed by atoms with van der Waals surface area (Å²) in [6, 6.07) is 0. The van der Waals surface area contributed by atoms with Crippen molar-refractivity contribution in [3.8, 4) is 0 Å². The lowest BCUT2D eigenvalue weighted by Gasteiger charge is -2.52. The van der Waals surface area contributed by atoms with E-state index >= 15 is 0 Å². The Morgan fingerprint density at radius 3 is 2.62 bits per heavy atom. The molecule has 0 unspecified atom stereocenters. The van der Waals surface area contributed by atoms with Crippen molar-refractivity contribution >= 4 is 11.8 Å². The molecule has 158 valence electrons. The molecule has 3 rings (SSSR count). The summed E-state index contributed by atoms with van der Waals surface area (Å²) < 4.78 is 11.4. The lowest BCUT2D eigenvalue weighted by molar-refractivity contribution is -0.132. The molecule has 0 aromatic rings. The topological polar surface area (TPSA) is 52.6 Å². The molecular weight excluding hydrogens is 364 g/mol. The van der Waals surface area contributed by atoms with Gasteiger partial charge in [-0.1, -0.05) is 24.6 Å². The molecule has 0 spiro atoms. The second kappa shape index (κ2) is 8.43. The fraction of sp³-hybridized carbons (Fsp3) is 0.600. The first-order chi connectivity index (χ1) is 13.6. The molecule has 2 bridgehead atoms. The van der Waals surface area contributed by atoms with Gasteiger partial charge in [0.1, 0.15) is 5.78 Å². The van der Waals surface area contributed by atoms with E-state index in [0.29, 0.717) is 24.9 Å². The van der Waals surface area contributed by atoms with Crippen molar-refractivity contribution < 1.29 is 19.1 Å². The van der Waals surface area contributed by atoms with Gasteiger partial charge in [-0.3, -0.25) is 4.79 Å². The molecule has 0 aromatic carbocycles. The number of carbonyl (C=O) groups excluding carboxylic acids is 2. The van der Waals surface area contributed by atoms with Gasteiger partial charge in [0.15, 0.2) is 0 Å². The second-order valence-electron chi connectivity index (χ2n) is 9.61. The quantitative estimate of drug-likeness (QED) is 0.263. The van der Waals surface area contributed by atoms with E-state index in [0.717, 1.165) is 24.8 Å². The van der Waals surface area contributed by atoms with Gasteiger partial charge in [-0.25, -0.2) is 4.79 Å². The van der Waals surface area contributed by atoms with Crippen LogP contribution >= 0.6 is 0 Å². The lowest BCUT2D eigenvalue weighted by Crippen LogP contribution is -2.44. The molecule has 1 aliphatic heterocycles. The first-order valence-corrected chi connectivity index (χ1v) is 10.6. The van der Waals surface area contributed by atoms with Crippen LogP contribution < -0.4 is 0 Å². The van der Waals surface area contributed by atoms with Crippen molar-refractivity contribution in [1.29, 1.82) is 0 Å². The maximum atomic E-state index is 11.9. The van der Waals surface area contributed by atoms with Gasteiger partial charge >= 0.3 is 5.97 Å². The third-order valence-electron chi connectivity index (χ3n) is 6.86. The molecule has 29 heavy (non-hydrogen) atoms. The third kappa shape index (κ3) is 4.48. The van der Waals surface area contributed by atoms with Crippen LogP contribution in [0.1, 0.15) is 60.3 Å². The third-order valence-corrected chi connectivity index (χ3v) is 6.86. The molecule has 3 aliphatic rings. The molecule has 1 heterocycles. The summed E-state index contributed by atoms with van der Waals surface area (Å²) >= 11 is 0. The van der Waals surface area contributed by atoms with Gasteiger partial charge in [-0.05, 0) is 81.4 Å². The van der Waals surface area contributed by atoms with Gasteiger partial charge in [0.25, 0.3) is 0 Å². The number of esters is 1. The Morgan fingerprint density at radius 1 is 1.28 bits per heavy atom. The second-order valence-corrected chi connectivity index (χ2v) is 9.61. The van der Waals surface area contributed by atoms with E-state index in [-0.39, 0.29) is 29.2 Å². The molecule has 5 atom stereocenters. The van der Waals surface area contributed by atoms with Crippen LogP contribution in [0.25, 0.3) is 0 Å². The molecule has 0 saturated heterocycles. The zero-order chi connectivity index (χ0) is 21.3. The standard InChI is InChI=1S/C25H34O4/c1-15(2)11-23(27)28-10-8-21-24-20(14-29-22(24)12-17(5)26)19-13-25(21,6)9-7-18(19)16(3)4/h8,10-11,18-19,21-22H,3,7,9,12-14H2,1-2,4-6H3/b10-8+/t18-,19-,21-,22-,25-/m1/s1. The Balaban J connectivity index is 1.96. The van der Waals surface area contributed by atoms with Crippen LogP contribution in [-0.4, -0.2) is 24.5 Å². The summed E-state index contributed by atoms with van der Waals surface area (Å²) in [6.07, 6.45) is 8.56. The highest BCUT2D eigenvalue weighted by Crippen LogP contribution is 2.60.